The Morgan fingerprint density at radius 3 is 2.10 bits per heavy atom. The quantitative estimate of drug-likeness (QED) is 0.552. The summed E-state index contributed by atoms with van der Waals surface area (Å²) in [6, 6.07) is 2.44. The number of nitrogens with zero attached hydrogens (tertiary/aromatic N) is 2. The Hall–Kier alpha value is -0.590. The van der Waals surface area contributed by atoms with Crippen LogP contribution in [0, 0.1) is 23.2 Å². The molecule has 3 heteroatoms. The van der Waals surface area contributed by atoms with Gasteiger partial charge in [-0.2, -0.15) is 5.26 Å². The minimum atomic E-state index is -0.350. The highest BCUT2D eigenvalue weighted by molar-refractivity contribution is 5.03. The second-order valence-corrected chi connectivity index (χ2v) is 7.38. The Labute approximate surface area is 133 Å². The summed E-state index contributed by atoms with van der Waals surface area (Å²) in [4.78, 5) is 2.58. The second kappa shape index (κ2) is 11.0. The van der Waals surface area contributed by atoms with Gasteiger partial charge in [0.15, 0.2) is 0 Å². The van der Waals surface area contributed by atoms with Gasteiger partial charge in [-0.1, -0.05) is 34.6 Å². The molecule has 0 spiro atoms. The Bertz CT molecular complexity index is 283. The normalized spacial score (nSPS) is 14.7. The molecule has 1 N–H and O–H groups in total. The standard InChI is InChI=1S/C18H37N3/c1-7-11-20-18(6,15-19)10-8-9-12-21(13-16(2)3)14-17(4)5/h16-17,20H,7-14H2,1-6H3. The van der Waals surface area contributed by atoms with Crippen LogP contribution in [-0.4, -0.2) is 36.6 Å². The average Bonchev–Trinajstić information content (AvgIpc) is 2.40. The van der Waals surface area contributed by atoms with E-state index in [1.165, 1.54) is 19.5 Å². The highest BCUT2D eigenvalue weighted by Gasteiger charge is 2.21. The lowest BCUT2D eigenvalue weighted by molar-refractivity contribution is 0.213. The lowest BCUT2D eigenvalue weighted by Gasteiger charge is -2.27. The molecule has 0 heterocycles. The van der Waals surface area contributed by atoms with Crippen LogP contribution in [-0.2, 0) is 0 Å². The van der Waals surface area contributed by atoms with Crippen molar-refractivity contribution in [2.24, 2.45) is 11.8 Å². The topological polar surface area (TPSA) is 39.1 Å². The molecule has 1 unspecified atom stereocenters. The lowest BCUT2D eigenvalue weighted by Crippen LogP contribution is -2.41. The molecule has 0 aromatic heterocycles. The van der Waals surface area contributed by atoms with E-state index in [0.29, 0.717) is 0 Å². The first-order chi connectivity index (χ1) is 9.83. The number of hydrogen-bond donors (Lipinski definition) is 1. The van der Waals surface area contributed by atoms with Crippen molar-refractivity contribution in [3.05, 3.63) is 0 Å². The molecule has 124 valence electrons. The smallest absolute Gasteiger partial charge is 0.103 e. The molecule has 0 aliphatic heterocycles. The lowest BCUT2D eigenvalue weighted by atomic mass is 9.96. The van der Waals surface area contributed by atoms with E-state index in [-0.39, 0.29) is 5.54 Å². The van der Waals surface area contributed by atoms with Crippen molar-refractivity contribution in [2.75, 3.05) is 26.2 Å². The summed E-state index contributed by atoms with van der Waals surface area (Å²) in [5, 5.41) is 12.7. The molecule has 0 saturated carbocycles. The van der Waals surface area contributed by atoms with Crippen LogP contribution in [0.15, 0.2) is 0 Å². The highest BCUT2D eigenvalue weighted by Crippen LogP contribution is 2.14. The molecule has 0 saturated heterocycles. The summed E-state index contributed by atoms with van der Waals surface area (Å²) in [5.74, 6) is 1.44. The largest absolute Gasteiger partial charge is 0.303 e. The first-order valence-corrected chi connectivity index (χ1v) is 8.71. The van der Waals surface area contributed by atoms with Gasteiger partial charge in [0, 0.05) is 13.1 Å². The maximum Gasteiger partial charge on any atom is 0.103 e. The second-order valence-electron chi connectivity index (χ2n) is 7.38. The van der Waals surface area contributed by atoms with Crippen LogP contribution in [0.3, 0.4) is 0 Å². The van der Waals surface area contributed by atoms with Gasteiger partial charge in [-0.3, -0.25) is 5.32 Å². The van der Waals surface area contributed by atoms with Gasteiger partial charge in [0.2, 0.25) is 0 Å². The van der Waals surface area contributed by atoms with Gasteiger partial charge in [-0.25, -0.2) is 0 Å². The van der Waals surface area contributed by atoms with Gasteiger partial charge >= 0.3 is 0 Å². The molecule has 0 bridgehead atoms. The van der Waals surface area contributed by atoms with Crippen LogP contribution in [0.2, 0.25) is 0 Å². The van der Waals surface area contributed by atoms with Crippen molar-refractivity contribution in [3.8, 4) is 6.07 Å². The van der Waals surface area contributed by atoms with E-state index in [1.54, 1.807) is 0 Å². The third kappa shape index (κ3) is 10.7. The molecule has 21 heavy (non-hydrogen) atoms. The van der Waals surface area contributed by atoms with Gasteiger partial charge in [0.25, 0.3) is 0 Å². The number of rotatable bonds is 12. The summed E-state index contributed by atoms with van der Waals surface area (Å²) in [7, 11) is 0. The van der Waals surface area contributed by atoms with Crippen LogP contribution >= 0.6 is 0 Å². The minimum Gasteiger partial charge on any atom is -0.303 e. The van der Waals surface area contributed by atoms with Crippen molar-refractivity contribution >= 4 is 0 Å². The van der Waals surface area contributed by atoms with Crippen molar-refractivity contribution < 1.29 is 0 Å². The predicted molar refractivity (Wildman–Crippen MR) is 92.3 cm³/mol. The van der Waals surface area contributed by atoms with E-state index in [9.17, 15) is 5.26 Å². The Morgan fingerprint density at radius 2 is 1.67 bits per heavy atom. The first kappa shape index (κ1) is 20.4. The van der Waals surface area contributed by atoms with Crippen molar-refractivity contribution in [1.29, 1.82) is 5.26 Å². The van der Waals surface area contributed by atoms with Crippen LogP contribution in [0.25, 0.3) is 0 Å². The number of hydrogen-bond acceptors (Lipinski definition) is 3. The summed E-state index contributed by atoms with van der Waals surface area (Å²) >= 11 is 0. The molecule has 3 nitrogen and oxygen atoms in total. The molecule has 0 aromatic carbocycles. The average molecular weight is 296 g/mol. The molecule has 0 aromatic rings. The van der Waals surface area contributed by atoms with E-state index in [4.69, 9.17) is 0 Å². The monoisotopic (exact) mass is 295 g/mol. The van der Waals surface area contributed by atoms with Crippen molar-refractivity contribution in [1.82, 2.24) is 10.2 Å². The van der Waals surface area contributed by atoms with Crippen LogP contribution in [0.4, 0.5) is 0 Å². The summed E-state index contributed by atoms with van der Waals surface area (Å²) < 4.78 is 0. The Balaban J connectivity index is 4.10. The van der Waals surface area contributed by atoms with Crippen molar-refractivity contribution in [3.63, 3.8) is 0 Å². The highest BCUT2D eigenvalue weighted by atomic mass is 15.1. The van der Waals surface area contributed by atoms with E-state index in [2.05, 4.69) is 50.9 Å². The first-order valence-electron chi connectivity index (χ1n) is 8.71. The minimum absolute atomic E-state index is 0.350. The molecule has 0 radical (unpaired) electrons. The van der Waals surface area contributed by atoms with Gasteiger partial charge in [0.05, 0.1) is 6.07 Å². The molecular formula is C18H37N3. The zero-order valence-electron chi connectivity index (χ0n) is 15.2. The molecule has 0 aliphatic carbocycles. The predicted octanol–water partition coefficient (Wildman–Crippen LogP) is 4.05. The van der Waals surface area contributed by atoms with Crippen LogP contribution in [0.1, 0.15) is 67.2 Å². The molecule has 0 amide bonds. The zero-order valence-corrected chi connectivity index (χ0v) is 15.2. The number of unbranched alkanes of at least 4 members (excludes halogenated alkanes) is 1. The number of nitriles is 1. The van der Waals surface area contributed by atoms with E-state index in [0.717, 1.165) is 44.2 Å². The summed E-state index contributed by atoms with van der Waals surface area (Å²) in [6.45, 7) is 17.8. The Morgan fingerprint density at radius 1 is 1.10 bits per heavy atom. The third-order valence-corrected chi connectivity index (χ3v) is 3.66. The maximum atomic E-state index is 9.34. The van der Waals surface area contributed by atoms with Gasteiger partial charge in [-0.05, 0) is 57.5 Å². The molecular weight excluding hydrogens is 258 g/mol. The summed E-state index contributed by atoms with van der Waals surface area (Å²) in [6.07, 6.45) is 4.33. The Kier molecular flexibility index (Phi) is 10.7. The molecule has 0 fully saturated rings. The van der Waals surface area contributed by atoms with Crippen LogP contribution in [0.5, 0.6) is 0 Å². The van der Waals surface area contributed by atoms with Crippen molar-refractivity contribution in [2.45, 2.75) is 72.8 Å². The maximum absolute atomic E-state index is 9.34. The fourth-order valence-electron chi connectivity index (χ4n) is 2.69. The van der Waals surface area contributed by atoms with E-state index in [1.807, 2.05) is 6.92 Å². The summed E-state index contributed by atoms with van der Waals surface area (Å²) in [5.41, 5.74) is -0.350. The number of nitrogens with one attached hydrogen (secondary N) is 1. The fraction of sp³-hybridized carbons (Fsp3) is 0.944. The molecule has 0 aliphatic rings. The van der Waals surface area contributed by atoms with E-state index < -0.39 is 0 Å². The van der Waals surface area contributed by atoms with Gasteiger partial charge in [0.1, 0.15) is 5.54 Å². The zero-order chi connectivity index (χ0) is 16.3. The van der Waals surface area contributed by atoms with Gasteiger partial charge < -0.3 is 4.90 Å². The van der Waals surface area contributed by atoms with E-state index >= 15 is 0 Å². The molecule has 1 atom stereocenters. The SMILES string of the molecule is CCCNC(C)(C#N)CCCCN(CC(C)C)CC(C)C. The third-order valence-electron chi connectivity index (χ3n) is 3.66. The van der Waals surface area contributed by atoms with Crippen LogP contribution < -0.4 is 5.32 Å². The van der Waals surface area contributed by atoms with Gasteiger partial charge in [-0.15, -0.1) is 0 Å². The molecule has 0 rings (SSSR count). The fourth-order valence-corrected chi connectivity index (χ4v) is 2.69.